The van der Waals surface area contributed by atoms with Crippen molar-refractivity contribution in [1.29, 1.82) is 0 Å². The van der Waals surface area contributed by atoms with Gasteiger partial charge in [-0.05, 0) is 93.6 Å². The van der Waals surface area contributed by atoms with Crippen LogP contribution in [0.2, 0.25) is 0 Å². The van der Waals surface area contributed by atoms with Crippen molar-refractivity contribution in [3.63, 3.8) is 0 Å². The molecule has 3 nitrogen and oxygen atoms in total. The van der Waals surface area contributed by atoms with E-state index in [0.29, 0.717) is 0 Å². The van der Waals surface area contributed by atoms with Crippen LogP contribution in [0.15, 0.2) is 132 Å². The minimum absolute atomic E-state index is 0.00977. The molecule has 0 radical (unpaired) electrons. The summed E-state index contributed by atoms with van der Waals surface area (Å²) in [5, 5.41) is 11.2. The van der Waals surface area contributed by atoms with Crippen molar-refractivity contribution in [3.8, 4) is 16.8 Å². The number of thiophene rings is 1. The van der Waals surface area contributed by atoms with E-state index < -0.39 is 0 Å². The Morgan fingerprint density at radius 1 is 0.600 bits per heavy atom. The SMILES string of the molecule is CC(C)(C)c1ccc(Nc2ccc(C(C)(C)C)cc2-c2ccc3c4c5oc6ccccc6c5ccc4n4c3c2Bc2cc3sc5ccccc5c3cc2-4)cc1. The van der Waals surface area contributed by atoms with Gasteiger partial charge in [0.2, 0.25) is 0 Å². The molecule has 11 rings (SSSR count). The third kappa shape index (κ3) is 4.89. The smallest absolute Gasteiger partial charge is 0.198 e. The van der Waals surface area contributed by atoms with Crippen LogP contribution in [0.4, 0.5) is 11.4 Å². The van der Waals surface area contributed by atoms with Crippen LogP contribution in [0.1, 0.15) is 52.7 Å². The summed E-state index contributed by atoms with van der Waals surface area (Å²) in [5.41, 5.74) is 15.7. The van der Waals surface area contributed by atoms with Gasteiger partial charge in [0, 0.05) is 64.5 Å². The van der Waals surface area contributed by atoms with Crippen molar-refractivity contribution >= 4 is 105 Å². The van der Waals surface area contributed by atoms with E-state index in [4.69, 9.17) is 4.42 Å². The molecule has 0 saturated carbocycles. The fraction of sp³-hybridized carbons (Fsp3) is 0.160. The molecule has 0 fully saturated rings. The molecule has 0 unspecified atom stereocenters. The van der Waals surface area contributed by atoms with E-state index in [2.05, 4.69) is 179 Å². The Morgan fingerprint density at radius 3 is 2.13 bits per heavy atom. The van der Waals surface area contributed by atoms with Crippen LogP contribution in [0, 0.1) is 0 Å². The highest BCUT2D eigenvalue weighted by Crippen LogP contribution is 2.44. The fourth-order valence-corrected chi connectivity index (χ4v) is 10.2. The average molecular weight is 729 g/mol. The second-order valence-corrected chi connectivity index (χ2v) is 18.6. The minimum atomic E-state index is -0.00977. The summed E-state index contributed by atoms with van der Waals surface area (Å²) < 4.78 is 12.0. The largest absolute Gasteiger partial charge is 0.455 e. The lowest BCUT2D eigenvalue weighted by molar-refractivity contribution is 0.590. The van der Waals surface area contributed by atoms with Crippen molar-refractivity contribution in [2.24, 2.45) is 0 Å². The predicted molar refractivity (Wildman–Crippen MR) is 240 cm³/mol. The van der Waals surface area contributed by atoms with Crippen molar-refractivity contribution in [3.05, 3.63) is 139 Å². The van der Waals surface area contributed by atoms with Crippen molar-refractivity contribution < 1.29 is 4.42 Å². The molecule has 1 aliphatic rings. The number of furan rings is 1. The molecule has 10 aromatic rings. The first kappa shape index (κ1) is 32.6. The molecule has 5 heteroatoms. The maximum Gasteiger partial charge on any atom is 0.198 e. The van der Waals surface area contributed by atoms with Gasteiger partial charge in [-0.1, -0.05) is 114 Å². The lowest BCUT2D eigenvalue weighted by Crippen LogP contribution is -2.37. The number of benzene rings is 7. The maximum absolute atomic E-state index is 6.76. The number of para-hydroxylation sites is 1. The zero-order valence-electron chi connectivity index (χ0n) is 32.1. The molecular formula is C50H41BN2OS. The molecule has 55 heavy (non-hydrogen) atoms. The molecule has 0 bridgehead atoms. The van der Waals surface area contributed by atoms with Gasteiger partial charge in [-0.15, -0.1) is 11.3 Å². The number of nitrogens with one attached hydrogen (secondary N) is 1. The highest BCUT2D eigenvalue weighted by molar-refractivity contribution is 7.26. The summed E-state index contributed by atoms with van der Waals surface area (Å²) in [6, 6.07) is 47.5. The van der Waals surface area contributed by atoms with Gasteiger partial charge in [0.25, 0.3) is 0 Å². The number of rotatable bonds is 3. The van der Waals surface area contributed by atoms with Crippen molar-refractivity contribution in [2.75, 3.05) is 5.32 Å². The van der Waals surface area contributed by atoms with E-state index in [1.54, 1.807) is 0 Å². The van der Waals surface area contributed by atoms with E-state index in [1.807, 2.05) is 11.3 Å². The summed E-state index contributed by atoms with van der Waals surface area (Å²) in [6.07, 6.45) is 0. The zero-order chi connectivity index (χ0) is 37.4. The minimum Gasteiger partial charge on any atom is -0.455 e. The Kier molecular flexibility index (Phi) is 6.75. The van der Waals surface area contributed by atoms with E-state index in [0.717, 1.165) is 40.6 Å². The highest BCUT2D eigenvalue weighted by atomic mass is 32.1. The Labute approximate surface area is 325 Å². The number of nitrogens with zero attached hydrogens (tertiary/aromatic N) is 1. The van der Waals surface area contributed by atoms with Crippen LogP contribution >= 0.6 is 11.3 Å². The Balaban J connectivity index is 1.21. The van der Waals surface area contributed by atoms with Gasteiger partial charge < -0.3 is 14.3 Å². The Morgan fingerprint density at radius 2 is 1.33 bits per heavy atom. The molecule has 0 spiro atoms. The molecule has 1 N–H and O–H groups in total. The van der Waals surface area contributed by atoms with Gasteiger partial charge >= 0.3 is 0 Å². The van der Waals surface area contributed by atoms with Crippen LogP contribution < -0.4 is 16.2 Å². The van der Waals surface area contributed by atoms with E-state index in [9.17, 15) is 0 Å². The number of fused-ring (bicyclic) bond motifs is 12. The molecule has 266 valence electrons. The molecule has 0 atom stereocenters. The number of hydrogen-bond acceptors (Lipinski definition) is 3. The summed E-state index contributed by atoms with van der Waals surface area (Å²) in [5.74, 6) is 0. The Bertz CT molecular complexity index is 3220. The van der Waals surface area contributed by atoms with E-state index >= 15 is 0 Å². The molecule has 7 aromatic carbocycles. The molecular weight excluding hydrogens is 687 g/mol. The van der Waals surface area contributed by atoms with Gasteiger partial charge in [0.1, 0.15) is 11.2 Å². The third-order valence-corrected chi connectivity index (χ3v) is 13.1. The first-order valence-electron chi connectivity index (χ1n) is 19.4. The maximum atomic E-state index is 6.76. The fourth-order valence-electron chi connectivity index (χ4n) is 9.01. The first-order chi connectivity index (χ1) is 26.5. The van der Waals surface area contributed by atoms with Crippen LogP contribution in [-0.2, 0) is 10.8 Å². The lowest BCUT2D eigenvalue weighted by Gasteiger charge is -2.26. The average Bonchev–Trinajstić information content (AvgIpc) is 3.84. The normalized spacial score (nSPS) is 13.1. The molecule has 0 saturated heterocycles. The van der Waals surface area contributed by atoms with Crippen molar-refractivity contribution in [1.82, 2.24) is 4.57 Å². The molecule has 1 aliphatic heterocycles. The Hall–Kier alpha value is -5.78. The van der Waals surface area contributed by atoms with Crippen LogP contribution in [0.25, 0.3) is 80.7 Å². The summed E-state index contributed by atoms with van der Waals surface area (Å²) in [7, 11) is 0.839. The molecule has 0 amide bonds. The van der Waals surface area contributed by atoms with Gasteiger partial charge in [-0.3, -0.25) is 0 Å². The summed E-state index contributed by atoms with van der Waals surface area (Å²) in [6.45, 7) is 13.7. The second kappa shape index (κ2) is 11.4. The van der Waals surface area contributed by atoms with Crippen LogP contribution in [0.5, 0.6) is 0 Å². The van der Waals surface area contributed by atoms with Gasteiger partial charge in [-0.25, -0.2) is 0 Å². The highest BCUT2D eigenvalue weighted by Gasteiger charge is 2.30. The van der Waals surface area contributed by atoms with Gasteiger partial charge in [-0.2, -0.15) is 0 Å². The number of aromatic nitrogens is 1. The number of hydrogen-bond donors (Lipinski definition) is 1. The van der Waals surface area contributed by atoms with E-state index in [-0.39, 0.29) is 10.8 Å². The van der Waals surface area contributed by atoms with Crippen LogP contribution in [0.3, 0.4) is 0 Å². The summed E-state index contributed by atoms with van der Waals surface area (Å²) in [4.78, 5) is 0. The summed E-state index contributed by atoms with van der Waals surface area (Å²) >= 11 is 1.90. The van der Waals surface area contributed by atoms with Gasteiger partial charge in [0.05, 0.1) is 10.9 Å². The zero-order valence-corrected chi connectivity index (χ0v) is 32.9. The predicted octanol–water partition coefficient (Wildman–Crippen LogP) is 12.8. The number of anilines is 2. The molecule has 3 aromatic heterocycles. The van der Waals surface area contributed by atoms with Crippen LogP contribution in [-0.4, -0.2) is 11.8 Å². The monoisotopic (exact) mass is 728 g/mol. The van der Waals surface area contributed by atoms with Crippen molar-refractivity contribution in [2.45, 2.75) is 52.4 Å². The third-order valence-electron chi connectivity index (χ3n) is 11.9. The topological polar surface area (TPSA) is 30.1 Å². The molecule has 4 heterocycles. The molecule has 0 aliphatic carbocycles. The lowest BCUT2D eigenvalue weighted by atomic mass is 9.59. The first-order valence-corrected chi connectivity index (χ1v) is 20.2. The standard InChI is InChI=1S/C50H41BN2OS/c1-49(2,3)28-15-18-30(19-16-28)52-39-23-17-29(50(4,5)6)25-36(39)33-20-21-35-45-40(24-22-34-31-11-7-9-13-42(31)54-48(34)45)53-41-26-37-32-12-8-10-14-43(32)55-44(37)27-38(41)51-46(33)47(35)53/h7-27,51-52H,1-6H3. The van der Waals surface area contributed by atoms with E-state index in [1.165, 1.54) is 80.8 Å². The second-order valence-electron chi connectivity index (χ2n) is 17.5. The van der Waals surface area contributed by atoms with Gasteiger partial charge in [0.15, 0.2) is 7.28 Å². The quantitative estimate of drug-likeness (QED) is 0.184.